The first kappa shape index (κ1) is 16.3. The van der Waals surface area contributed by atoms with Gasteiger partial charge in [-0.25, -0.2) is 0 Å². The standard InChI is InChI=1S/C16H30N2O/c1-6-10-16(4,12-17-7-2)13-18(5)11-15-9-8-14(3)19-15/h8-9,17H,6-7,10-13H2,1-5H3. The molecule has 0 aliphatic carbocycles. The maximum atomic E-state index is 5.65. The van der Waals surface area contributed by atoms with Crippen LogP contribution >= 0.6 is 0 Å². The van der Waals surface area contributed by atoms with E-state index in [9.17, 15) is 0 Å². The largest absolute Gasteiger partial charge is 0.465 e. The molecule has 0 aromatic carbocycles. The summed E-state index contributed by atoms with van der Waals surface area (Å²) in [4.78, 5) is 2.37. The van der Waals surface area contributed by atoms with Gasteiger partial charge in [0.1, 0.15) is 11.5 Å². The molecule has 0 aliphatic heterocycles. The molecule has 1 heterocycles. The third-order valence-electron chi connectivity index (χ3n) is 3.53. The van der Waals surface area contributed by atoms with Crippen molar-refractivity contribution in [2.45, 2.75) is 47.1 Å². The molecule has 0 saturated carbocycles. The van der Waals surface area contributed by atoms with Gasteiger partial charge in [-0.1, -0.05) is 27.2 Å². The number of nitrogens with one attached hydrogen (secondary N) is 1. The van der Waals surface area contributed by atoms with Crippen LogP contribution in [-0.2, 0) is 6.54 Å². The molecule has 0 amide bonds. The fourth-order valence-corrected chi connectivity index (χ4v) is 2.80. The van der Waals surface area contributed by atoms with Gasteiger partial charge in [-0.3, -0.25) is 4.90 Å². The number of hydrogen-bond acceptors (Lipinski definition) is 3. The smallest absolute Gasteiger partial charge is 0.118 e. The Morgan fingerprint density at radius 3 is 2.58 bits per heavy atom. The summed E-state index contributed by atoms with van der Waals surface area (Å²) < 4.78 is 5.65. The van der Waals surface area contributed by atoms with Crippen LogP contribution in [0.4, 0.5) is 0 Å². The third kappa shape index (κ3) is 5.79. The molecule has 1 atom stereocenters. The predicted molar refractivity (Wildman–Crippen MR) is 81.3 cm³/mol. The third-order valence-corrected chi connectivity index (χ3v) is 3.53. The Balaban J connectivity index is 2.52. The van der Waals surface area contributed by atoms with Crippen LogP contribution < -0.4 is 5.32 Å². The highest BCUT2D eigenvalue weighted by Crippen LogP contribution is 2.24. The van der Waals surface area contributed by atoms with Gasteiger partial charge in [0.15, 0.2) is 0 Å². The Bertz CT molecular complexity index is 361. The van der Waals surface area contributed by atoms with Crippen molar-refractivity contribution in [1.82, 2.24) is 10.2 Å². The number of furan rings is 1. The number of rotatable bonds is 9. The molecule has 1 aromatic rings. The molecule has 1 aromatic heterocycles. The van der Waals surface area contributed by atoms with Gasteiger partial charge in [-0.15, -0.1) is 0 Å². The minimum atomic E-state index is 0.334. The molecule has 3 heteroatoms. The highest BCUT2D eigenvalue weighted by molar-refractivity contribution is 5.05. The minimum Gasteiger partial charge on any atom is -0.465 e. The lowest BCUT2D eigenvalue weighted by atomic mass is 9.85. The summed E-state index contributed by atoms with van der Waals surface area (Å²) in [6, 6.07) is 4.11. The van der Waals surface area contributed by atoms with E-state index >= 15 is 0 Å². The van der Waals surface area contributed by atoms with E-state index in [2.05, 4.69) is 44.1 Å². The van der Waals surface area contributed by atoms with E-state index in [4.69, 9.17) is 4.42 Å². The molecule has 110 valence electrons. The zero-order valence-corrected chi connectivity index (χ0v) is 13.3. The van der Waals surface area contributed by atoms with E-state index in [0.29, 0.717) is 5.41 Å². The van der Waals surface area contributed by atoms with E-state index in [0.717, 1.165) is 37.7 Å². The average Bonchev–Trinajstić information content (AvgIpc) is 2.72. The van der Waals surface area contributed by atoms with Crippen molar-refractivity contribution in [3.63, 3.8) is 0 Å². The van der Waals surface area contributed by atoms with Gasteiger partial charge in [0.2, 0.25) is 0 Å². The van der Waals surface area contributed by atoms with Gasteiger partial charge in [-0.2, -0.15) is 0 Å². The average molecular weight is 266 g/mol. The molecule has 1 rings (SSSR count). The van der Waals surface area contributed by atoms with Gasteiger partial charge < -0.3 is 9.73 Å². The van der Waals surface area contributed by atoms with Crippen LogP contribution in [0.3, 0.4) is 0 Å². The van der Waals surface area contributed by atoms with Crippen molar-refractivity contribution in [2.24, 2.45) is 5.41 Å². The van der Waals surface area contributed by atoms with E-state index in [1.807, 2.05) is 13.0 Å². The quantitative estimate of drug-likeness (QED) is 0.742. The predicted octanol–water partition coefficient (Wildman–Crippen LogP) is 3.44. The molecule has 0 fully saturated rings. The molecule has 0 spiro atoms. The van der Waals surface area contributed by atoms with Gasteiger partial charge in [0.05, 0.1) is 6.54 Å². The summed E-state index contributed by atoms with van der Waals surface area (Å²) in [7, 11) is 2.18. The highest BCUT2D eigenvalue weighted by Gasteiger charge is 2.24. The van der Waals surface area contributed by atoms with E-state index < -0.39 is 0 Å². The topological polar surface area (TPSA) is 28.4 Å². The Morgan fingerprint density at radius 2 is 2.05 bits per heavy atom. The lowest BCUT2D eigenvalue weighted by Gasteiger charge is -2.33. The molecule has 1 N–H and O–H groups in total. The van der Waals surface area contributed by atoms with Crippen molar-refractivity contribution >= 4 is 0 Å². The van der Waals surface area contributed by atoms with Gasteiger partial charge in [0.25, 0.3) is 0 Å². The molecule has 0 aliphatic rings. The van der Waals surface area contributed by atoms with Crippen molar-refractivity contribution in [3.8, 4) is 0 Å². The zero-order chi connectivity index (χ0) is 14.3. The summed E-state index contributed by atoms with van der Waals surface area (Å²) in [6.45, 7) is 12.9. The SMILES string of the molecule is CCCC(C)(CNCC)CN(C)Cc1ccc(C)o1. The van der Waals surface area contributed by atoms with Crippen LogP contribution in [0.25, 0.3) is 0 Å². The van der Waals surface area contributed by atoms with Gasteiger partial charge >= 0.3 is 0 Å². The molecule has 0 radical (unpaired) electrons. The van der Waals surface area contributed by atoms with Crippen molar-refractivity contribution in [3.05, 3.63) is 23.7 Å². The van der Waals surface area contributed by atoms with Crippen molar-refractivity contribution in [1.29, 1.82) is 0 Å². The maximum Gasteiger partial charge on any atom is 0.118 e. The highest BCUT2D eigenvalue weighted by atomic mass is 16.3. The molecular weight excluding hydrogens is 236 g/mol. The fraction of sp³-hybridized carbons (Fsp3) is 0.750. The first-order chi connectivity index (χ1) is 8.99. The van der Waals surface area contributed by atoms with Gasteiger partial charge in [-0.05, 0) is 44.5 Å². The Morgan fingerprint density at radius 1 is 1.32 bits per heavy atom. The monoisotopic (exact) mass is 266 g/mol. The summed E-state index contributed by atoms with van der Waals surface area (Å²) in [6.07, 6.45) is 2.48. The van der Waals surface area contributed by atoms with E-state index in [1.165, 1.54) is 12.8 Å². The minimum absolute atomic E-state index is 0.334. The number of hydrogen-bond donors (Lipinski definition) is 1. The summed E-state index contributed by atoms with van der Waals surface area (Å²) >= 11 is 0. The van der Waals surface area contributed by atoms with Crippen molar-refractivity contribution < 1.29 is 4.42 Å². The first-order valence-corrected chi connectivity index (χ1v) is 7.43. The fourth-order valence-electron chi connectivity index (χ4n) is 2.80. The van der Waals surface area contributed by atoms with Crippen LogP contribution in [0.2, 0.25) is 0 Å². The second-order valence-corrected chi connectivity index (χ2v) is 6.03. The molecule has 1 unspecified atom stereocenters. The van der Waals surface area contributed by atoms with Crippen LogP contribution in [0.1, 0.15) is 45.1 Å². The molecular formula is C16H30N2O. The second kappa shape index (κ2) is 7.71. The van der Waals surface area contributed by atoms with Crippen LogP contribution in [0, 0.1) is 12.3 Å². The Kier molecular flexibility index (Phi) is 6.59. The second-order valence-electron chi connectivity index (χ2n) is 6.03. The van der Waals surface area contributed by atoms with Crippen LogP contribution in [-0.4, -0.2) is 31.6 Å². The van der Waals surface area contributed by atoms with Gasteiger partial charge in [0, 0.05) is 13.1 Å². The molecule has 0 saturated heterocycles. The summed E-state index contributed by atoms with van der Waals surface area (Å²) in [5, 5.41) is 3.50. The maximum absolute atomic E-state index is 5.65. The number of nitrogens with zero attached hydrogens (tertiary/aromatic N) is 1. The lowest BCUT2D eigenvalue weighted by Crippen LogP contribution is -2.40. The molecule has 19 heavy (non-hydrogen) atoms. The van der Waals surface area contributed by atoms with Crippen molar-refractivity contribution in [2.75, 3.05) is 26.7 Å². The van der Waals surface area contributed by atoms with Crippen LogP contribution in [0.15, 0.2) is 16.5 Å². The summed E-state index contributed by atoms with van der Waals surface area (Å²) in [5.74, 6) is 2.05. The Hall–Kier alpha value is -0.800. The zero-order valence-electron chi connectivity index (χ0n) is 13.3. The first-order valence-electron chi connectivity index (χ1n) is 7.43. The summed E-state index contributed by atoms with van der Waals surface area (Å²) in [5.41, 5.74) is 0.334. The van der Waals surface area contributed by atoms with E-state index in [-0.39, 0.29) is 0 Å². The Labute approximate surface area is 118 Å². The normalized spacial score (nSPS) is 14.8. The molecule has 3 nitrogen and oxygen atoms in total. The molecule has 0 bridgehead atoms. The lowest BCUT2D eigenvalue weighted by molar-refractivity contribution is 0.161. The van der Waals surface area contributed by atoms with Crippen LogP contribution in [0.5, 0.6) is 0 Å². The number of aryl methyl sites for hydroxylation is 1. The van der Waals surface area contributed by atoms with E-state index in [1.54, 1.807) is 0 Å².